The van der Waals surface area contributed by atoms with Crippen LogP contribution in [0.15, 0.2) is 0 Å². The molecule has 0 spiro atoms. The Morgan fingerprint density at radius 1 is 1.33 bits per heavy atom. The van der Waals surface area contributed by atoms with Gasteiger partial charge in [-0.2, -0.15) is 0 Å². The number of nitrogens with one attached hydrogen (secondary N) is 1. The van der Waals surface area contributed by atoms with Gasteiger partial charge in [-0.05, 0) is 12.3 Å². The van der Waals surface area contributed by atoms with Crippen molar-refractivity contribution in [3.8, 4) is 0 Å². The van der Waals surface area contributed by atoms with Gasteiger partial charge in [0.2, 0.25) is 10.0 Å². The summed E-state index contributed by atoms with van der Waals surface area (Å²) in [5.41, 5.74) is 5.52. The molecule has 0 radical (unpaired) electrons. The first-order chi connectivity index (χ1) is 6.91. The lowest BCUT2D eigenvalue weighted by Gasteiger charge is -2.17. The molecule has 0 aliphatic rings. The Hall–Kier alpha value is -0.130. The van der Waals surface area contributed by atoms with E-state index in [2.05, 4.69) is 11.6 Å². The number of sulfonamides is 1. The molecule has 0 aliphatic carbocycles. The fourth-order valence-corrected chi connectivity index (χ4v) is 3.11. The van der Waals surface area contributed by atoms with Crippen LogP contribution in [0.2, 0.25) is 0 Å². The first kappa shape index (κ1) is 14.9. The van der Waals surface area contributed by atoms with Crippen molar-refractivity contribution >= 4 is 10.0 Å². The van der Waals surface area contributed by atoms with Crippen LogP contribution < -0.4 is 10.5 Å². The molecule has 0 heterocycles. The van der Waals surface area contributed by atoms with Gasteiger partial charge in [0, 0.05) is 12.6 Å². The molecular formula is C10H24N2O2S. The van der Waals surface area contributed by atoms with Crippen molar-refractivity contribution < 1.29 is 8.42 Å². The van der Waals surface area contributed by atoms with E-state index in [9.17, 15) is 8.42 Å². The summed E-state index contributed by atoms with van der Waals surface area (Å²) in [5.74, 6) is 0.322. The lowest BCUT2D eigenvalue weighted by atomic mass is 10.1. The molecule has 0 aromatic carbocycles. The number of hydrogen-bond donors (Lipinski definition) is 2. The fraction of sp³-hybridized carbons (Fsp3) is 1.00. The highest BCUT2D eigenvalue weighted by molar-refractivity contribution is 7.89. The summed E-state index contributed by atoms with van der Waals surface area (Å²) in [6.45, 7) is 6.24. The molecule has 0 fully saturated rings. The normalized spacial score (nSPS) is 14.5. The maximum absolute atomic E-state index is 11.6. The molecule has 4 nitrogen and oxygen atoms in total. The van der Waals surface area contributed by atoms with E-state index >= 15 is 0 Å². The zero-order valence-corrected chi connectivity index (χ0v) is 10.8. The lowest BCUT2D eigenvalue weighted by Crippen LogP contribution is -2.41. The highest BCUT2D eigenvalue weighted by Crippen LogP contribution is 2.03. The molecule has 0 bridgehead atoms. The SMILES string of the molecule is CCCCC(CN)NS(=O)(=O)CC(C)C. The highest BCUT2D eigenvalue weighted by atomic mass is 32.2. The molecule has 0 saturated carbocycles. The van der Waals surface area contributed by atoms with E-state index in [0.717, 1.165) is 19.3 Å². The smallest absolute Gasteiger partial charge is 0.212 e. The largest absolute Gasteiger partial charge is 0.329 e. The second-order valence-electron chi connectivity index (χ2n) is 4.37. The van der Waals surface area contributed by atoms with Crippen LogP contribution in [0.4, 0.5) is 0 Å². The van der Waals surface area contributed by atoms with Crippen LogP contribution in [0.3, 0.4) is 0 Å². The molecule has 0 aromatic heterocycles. The maximum atomic E-state index is 11.6. The van der Waals surface area contributed by atoms with Gasteiger partial charge in [-0.25, -0.2) is 13.1 Å². The van der Waals surface area contributed by atoms with E-state index in [0.29, 0.717) is 6.54 Å². The van der Waals surface area contributed by atoms with Crippen molar-refractivity contribution in [2.75, 3.05) is 12.3 Å². The average molecular weight is 236 g/mol. The summed E-state index contributed by atoms with van der Waals surface area (Å²) in [6, 6.07) is -0.103. The predicted molar refractivity (Wildman–Crippen MR) is 64.1 cm³/mol. The van der Waals surface area contributed by atoms with E-state index in [-0.39, 0.29) is 17.7 Å². The topological polar surface area (TPSA) is 72.2 Å². The van der Waals surface area contributed by atoms with Gasteiger partial charge in [0.1, 0.15) is 0 Å². The van der Waals surface area contributed by atoms with Crippen LogP contribution in [0.25, 0.3) is 0 Å². The molecule has 0 aliphatic heterocycles. The molecule has 1 unspecified atom stereocenters. The Bertz CT molecular complexity index is 250. The van der Waals surface area contributed by atoms with Crippen molar-refractivity contribution in [3.05, 3.63) is 0 Å². The van der Waals surface area contributed by atoms with Crippen molar-refractivity contribution in [2.24, 2.45) is 11.7 Å². The van der Waals surface area contributed by atoms with E-state index < -0.39 is 10.0 Å². The summed E-state index contributed by atoms with van der Waals surface area (Å²) in [5, 5.41) is 0. The minimum atomic E-state index is -3.15. The van der Waals surface area contributed by atoms with Crippen LogP contribution in [-0.2, 0) is 10.0 Å². The second-order valence-corrected chi connectivity index (χ2v) is 6.17. The fourth-order valence-electron chi connectivity index (χ4n) is 1.42. The number of rotatable bonds is 8. The highest BCUT2D eigenvalue weighted by Gasteiger charge is 2.17. The summed E-state index contributed by atoms with van der Waals surface area (Å²) in [6.07, 6.45) is 2.89. The van der Waals surface area contributed by atoms with Gasteiger partial charge in [0.25, 0.3) is 0 Å². The summed E-state index contributed by atoms with van der Waals surface area (Å²) in [7, 11) is -3.15. The molecule has 0 saturated heterocycles. The quantitative estimate of drug-likeness (QED) is 0.662. The van der Waals surface area contributed by atoms with Crippen LogP contribution >= 0.6 is 0 Å². The zero-order valence-electron chi connectivity index (χ0n) is 9.99. The van der Waals surface area contributed by atoms with E-state index in [1.54, 1.807) is 0 Å². The Morgan fingerprint density at radius 3 is 2.33 bits per heavy atom. The molecule has 5 heteroatoms. The van der Waals surface area contributed by atoms with Gasteiger partial charge in [-0.3, -0.25) is 0 Å². The van der Waals surface area contributed by atoms with Gasteiger partial charge in [-0.15, -0.1) is 0 Å². The molecule has 0 amide bonds. The monoisotopic (exact) mass is 236 g/mol. The van der Waals surface area contributed by atoms with Gasteiger partial charge < -0.3 is 5.73 Å². The molecule has 15 heavy (non-hydrogen) atoms. The maximum Gasteiger partial charge on any atom is 0.212 e. The predicted octanol–water partition coefficient (Wildman–Crippen LogP) is 1.08. The second kappa shape index (κ2) is 7.19. The molecule has 0 rings (SSSR count). The van der Waals surface area contributed by atoms with Crippen molar-refractivity contribution in [2.45, 2.75) is 46.1 Å². The average Bonchev–Trinajstić information content (AvgIpc) is 2.09. The van der Waals surface area contributed by atoms with Crippen LogP contribution in [-0.4, -0.2) is 26.8 Å². The Labute approximate surface area is 93.7 Å². The summed E-state index contributed by atoms with van der Waals surface area (Å²) >= 11 is 0. The lowest BCUT2D eigenvalue weighted by molar-refractivity contribution is 0.510. The zero-order chi connectivity index (χ0) is 11.9. The Morgan fingerprint density at radius 2 is 1.93 bits per heavy atom. The number of unbranched alkanes of at least 4 members (excludes halogenated alkanes) is 1. The third kappa shape index (κ3) is 7.76. The summed E-state index contributed by atoms with van der Waals surface area (Å²) < 4.78 is 25.9. The van der Waals surface area contributed by atoms with Crippen molar-refractivity contribution in [1.82, 2.24) is 4.72 Å². The summed E-state index contributed by atoms with van der Waals surface area (Å²) in [4.78, 5) is 0. The number of nitrogens with two attached hydrogens (primary N) is 1. The first-order valence-electron chi connectivity index (χ1n) is 5.61. The molecule has 1 atom stereocenters. The molecular weight excluding hydrogens is 212 g/mol. The minimum Gasteiger partial charge on any atom is -0.329 e. The van der Waals surface area contributed by atoms with Gasteiger partial charge >= 0.3 is 0 Å². The van der Waals surface area contributed by atoms with Crippen LogP contribution in [0, 0.1) is 5.92 Å². The van der Waals surface area contributed by atoms with E-state index in [1.807, 2.05) is 13.8 Å². The number of hydrogen-bond acceptors (Lipinski definition) is 3. The van der Waals surface area contributed by atoms with E-state index in [1.165, 1.54) is 0 Å². The third-order valence-electron chi connectivity index (χ3n) is 2.09. The van der Waals surface area contributed by atoms with Crippen LogP contribution in [0.5, 0.6) is 0 Å². The Kier molecular flexibility index (Phi) is 7.13. The molecule has 3 N–H and O–H groups in total. The van der Waals surface area contributed by atoms with Crippen molar-refractivity contribution in [3.63, 3.8) is 0 Å². The van der Waals surface area contributed by atoms with Crippen LogP contribution in [0.1, 0.15) is 40.0 Å². The molecule has 92 valence electrons. The van der Waals surface area contributed by atoms with Gasteiger partial charge in [0.15, 0.2) is 0 Å². The molecule has 0 aromatic rings. The Balaban J connectivity index is 4.15. The standard InChI is InChI=1S/C10H24N2O2S/c1-4-5-6-10(7-11)12-15(13,14)8-9(2)3/h9-10,12H,4-8,11H2,1-3H3. The minimum absolute atomic E-state index is 0.103. The van der Waals surface area contributed by atoms with Gasteiger partial charge in [0.05, 0.1) is 5.75 Å². The third-order valence-corrected chi connectivity index (χ3v) is 3.89. The van der Waals surface area contributed by atoms with Crippen molar-refractivity contribution in [1.29, 1.82) is 0 Å². The van der Waals surface area contributed by atoms with Gasteiger partial charge in [-0.1, -0.05) is 33.6 Å². The first-order valence-corrected chi connectivity index (χ1v) is 7.26. The van der Waals surface area contributed by atoms with E-state index in [4.69, 9.17) is 5.73 Å².